The molecule has 0 spiro atoms. The van der Waals surface area contributed by atoms with Gasteiger partial charge in [-0.05, 0) is 56.0 Å². The summed E-state index contributed by atoms with van der Waals surface area (Å²) in [7, 11) is 0. The van der Waals surface area contributed by atoms with Crippen LogP contribution in [0.5, 0.6) is 0 Å². The van der Waals surface area contributed by atoms with Gasteiger partial charge in [0.1, 0.15) is 6.54 Å². The van der Waals surface area contributed by atoms with E-state index in [0.717, 1.165) is 36.8 Å². The van der Waals surface area contributed by atoms with E-state index in [1.165, 1.54) is 4.90 Å². The van der Waals surface area contributed by atoms with Gasteiger partial charge in [-0.3, -0.25) is 14.4 Å². The van der Waals surface area contributed by atoms with Crippen LogP contribution in [0, 0.1) is 0 Å². The second kappa shape index (κ2) is 10.9. The smallest absolute Gasteiger partial charge is 0.305 e. The Bertz CT molecular complexity index is 961. The molecular formula is C25H31N3O4. The normalized spacial score (nSPS) is 14.8. The van der Waals surface area contributed by atoms with Crippen molar-refractivity contribution in [3.63, 3.8) is 0 Å². The second-order valence-corrected chi connectivity index (χ2v) is 8.30. The molecule has 0 saturated carbocycles. The molecule has 0 radical (unpaired) electrons. The molecule has 1 atom stereocenters. The van der Waals surface area contributed by atoms with E-state index in [1.54, 1.807) is 11.8 Å². The molecule has 0 aliphatic carbocycles. The van der Waals surface area contributed by atoms with E-state index in [4.69, 9.17) is 5.73 Å². The molecule has 0 saturated heterocycles. The van der Waals surface area contributed by atoms with Crippen molar-refractivity contribution in [2.75, 3.05) is 18.0 Å². The maximum Gasteiger partial charge on any atom is 0.305 e. The summed E-state index contributed by atoms with van der Waals surface area (Å²) in [5.74, 6) is -1.53. The molecule has 0 fully saturated rings. The van der Waals surface area contributed by atoms with Gasteiger partial charge in [0.25, 0.3) is 5.91 Å². The molecule has 32 heavy (non-hydrogen) atoms. The third-order valence-electron chi connectivity index (χ3n) is 5.80. The van der Waals surface area contributed by atoms with Gasteiger partial charge in [0.15, 0.2) is 0 Å². The van der Waals surface area contributed by atoms with Crippen molar-refractivity contribution >= 4 is 23.5 Å². The Morgan fingerprint density at radius 2 is 1.81 bits per heavy atom. The van der Waals surface area contributed by atoms with Gasteiger partial charge in [-0.1, -0.05) is 42.8 Å². The number of aliphatic carboxylic acids is 1. The van der Waals surface area contributed by atoms with Crippen molar-refractivity contribution in [2.24, 2.45) is 5.73 Å². The van der Waals surface area contributed by atoms with Gasteiger partial charge < -0.3 is 20.6 Å². The van der Waals surface area contributed by atoms with Gasteiger partial charge in [0.2, 0.25) is 5.91 Å². The van der Waals surface area contributed by atoms with E-state index in [2.05, 4.69) is 0 Å². The van der Waals surface area contributed by atoms with E-state index in [9.17, 15) is 19.5 Å². The third kappa shape index (κ3) is 5.73. The molecule has 2 aromatic carbocycles. The predicted molar refractivity (Wildman–Crippen MR) is 123 cm³/mol. The van der Waals surface area contributed by atoms with Crippen LogP contribution in [-0.2, 0) is 22.6 Å². The fourth-order valence-electron chi connectivity index (χ4n) is 4.05. The summed E-state index contributed by atoms with van der Waals surface area (Å²) in [6.07, 6.45) is 3.55. The Morgan fingerprint density at radius 3 is 2.50 bits per heavy atom. The number of nitrogens with two attached hydrogens (primary N) is 1. The lowest BCUT2D eigenvalue weighted by molar-refractivity contribution is -0.138. The van der Waals surface area contributed by atoms with Crippen molar-refractivity contribution < 1.29 is 19.5 Å². The number of hydrogen-bond acceptors (Lipinski definition) is 4. The lowest BCUT2D eigenvalue weighted by atomic mass is 10.0. The highest BCUT2D eigenvalue weighted by atomic mass is 16.4. The first-order chi connectivity index (χ1) is 15.4. The number of aryl methyl sites for hydroxylation is 1. The molecule has 0 bridgehead atoms. The summed E-state index contributed by atoms with van der Waals surface area (Å²) < 4.78 is 0. The Hall–Kier alpha value is -3.19. The number of benzene rings is 2. The molecule has 7 nitrogen and oxygen atoms in total. The van der Waals surface area contributed by atoms with Crippen molar-refractivity contribution in [1.82, 2.24) is 4.90 Å². The van der Waals surface area contributed by atoms with E-state index in [1.807, 2.05) is 48.5 Å². The topological polar surface area (TPSA) is 104 Å². The summed E-state index contributed by atoms with van der Waals surface area (Å²) in [5.41, 5.74) is 8.57. The average Bonchev–Trinajstić information content (AvgIpc) is 2.87. The minimum atomic E-state index is -1.00. The van der Waals surface area contributed by atoms with Crippen molar-refractivity contribution in [3.05, 3.63) is 65.2 Å². The quantitative estimate of drug-likeness (QED) is 0.556. The Morgan fingerprint density at radius 1 is 1.06 bits per heavy atom. The van der Waals surface area contributed by atoms with Crippen LogP contribution >= 0.6 is 0 Å². The molecule has 1 aliphatic heterocycles. The Labute approximate surface area is 188 Å². The number of anilines is 1. The number of fused-ring (bicyclic) bond motifs is 1. The molecule has 1 aliphatic rings. The second-order valence-electron chi connectivity index (χ2n) is 8.30. The van der Waals surface area contributed by atoms with Crippen LogP contribution in [0.3, 0.4) is 0 Å². The zero-order chi connectivity index (χ0) is 23.1. The van der Waals surface area contributed by atoms with Gasteiger partial charge in [-0.15, -0.1) is 0 Å². The molecule has 170 valence electrons. The first-order valence-electron chi connectivity index (χ1n) is 11.1. The molecule has 7 heteroatoms. The fourth-order valence-corrected chi connectivity index (χ4v) is 4.05. The average molecular weight is 438 g/mol. The van der Waals surface area contributed by atoms with Crippen LogP contribution in [0.25, 0.3) is 0 Å². The summed E-state index contributed by atoms with van der Waals surface area (Å²) in [6.45, 7) is 2.52. The number of amides is 2. The third-order valence-corrected chi connectivity index (χ3v) is 5.80. The molecule has 2 amide bonds. The molecule has 0 aromatic heterocycles. The lowest BCUT2D eigenvalue weighted by Crippen LogP contribution is -2.44. The summed E-state index contributed by atoms with van der Waals surface area (Å²) in [4.78, 5) is 41.0. The SMILES string of the molecule is CC(CC(=O)O)N1CC(=O)N(Cc2ccccc2)c2ccc(CCCCCN)cc2C1=O. The van der Waals surface area contributed by atoms with Crippen LogP contribution in [0.1, 0.15) is 54.1 Å². The van der Waals surface area contributed by atoms with Crippen molar-refractivity contribution in [3.8, 4) is 0 Å². The highest BCUT2D eigenvalue weighted by Crippen LogP contribution is 2.30. The van der Waals surface area contributed by atoms with Gasteiger partial charge in [-0.2, -0.15) is 0 Å². The predicted octanol–water partition coefficient (Wildman–Crippen LogP) is 3.21. The number of unbranched alkanes of at least 4 members (excludes halogenated alkanes) is 2. The van der Waals surface area contributed by atoms with E-state index < -0.39 is 12.0 Å². The molecule has 2 aromatic rings. The number of carboxylic acids is 1. The van der Waals surface area contributed by atoms with Crippen LogP contribution in [-0.4, -0.2) is 46.9 Å². The van der Waals surface area contributed by atoms with Gasteiger partial charge in [-0.25, -0.2) is 0 Å². The van der Waals surface area contributed by atoms with Gasteiger partial charge in [0.05, 0.1) is 24.2 Å². The van der Waals surface area contributed by atoms with Gasteiger partial charge in [0, 0.05) is 6.04 Å². The number of hydrogen-bond donors (Lipinski definition) is 2. The highest BCUT2D eigenvalue weighted by molar-refractivity contribution is 6.09. The van der Waals surface area contributed by atoms with E-state index in [-0.39, 0.29) is 24.8 Å². The maximum absolute atomic E-state index is 13.5. The van der Waals surface area contributed by atoms with Gasteiger partial charge >= 0.3 is 5.97 Å². The van der Waals surface area contributed by atoms with Crippen LogP contribution in [0.2, 0.25) is 0 Å². The monoisotopic (exact) mass is 437 g/mol. The number of nitrogens with zero attached hydrogens (tertiary/aromatic N) is 2. The molecule has 3 rings (SSSR count). The number of carboxylic acid groups (broad SMARTS) is 1. The van der Waals surface area contributed by atoms with Crippen LogP contribution in [0.4, 0.5) is 5.69 Å². The summed E-state index contributed by atoms with van der Waals surface area (Å²) >= 11 is 0. The highest BCUT2D eigenvalue weighted by Gasteiger charge is 2.34. The molecule has 1 unspecified atom stereocenters. The summed E-state index contributed by atoms with van der Waals surface area (Å²) in [6, 6.07) is 14.7. The fraction of sp³-hybridized carbons (Fsp3) is 0.400. The molecular weight excluding hydrogens is 406 g/mol. The van der Waals surface area contributed by atoms with Crippen molar-refractivity contribution in [2.45, 2.75) is 51.6 Å². The number of carbonyl (C=O) groups excluding carboxylic acids is 2. The summed E-state index contributed by atoms with van der Waals surface area (Å²) in [5, 5.41) is 9.22. The Kier molecular flexibility index (Phi) is 8.00. The number of carbonyl (C=O) groups is 3. The van der Waals surface area contributed by atoms with Crippen LogP contribution in [0.15, 0.2) is 48.5 Å². The first-order valence-corrected chi connectivity index (χ1v) is 11.1. The van der Waals surface area contributed by atoms with Crippen molar-refractivity contribution in [1.29, 1.82) is 0 Å². The largest absolute Gasteiger partial charge is 0.481 e. The zero-order valence-corrected chi connectivity index (χ0v) is 18.5. The standard InChI is InChI=1S/C25H31N3O4/c1-18(14-24(30)31)27-17-23(29)28(16-20-9-4-2-5-10-20)22-12-11-19(8-6-3-7-13-26)15-21(22)25(27)32/h2,4-5,9-12,15,18H,3,6-8,13-14,16-17,26H2,1H3,(H,30,31). The molecule has 3 N–H and O–H groups in total. The Balaban J connectivity index is 1.96. The zero-order valence-electron chi connectivity index (χ0n) is 18.5. The maximum atomic E-state index is 13.5. The van der Waals surface area contributed by atoms with Crippen LogP contribution < -0.4 is 10.6 Å². The number of rotatable bonds is 10. The van der Waals surface area contributed by atoms with E-state index >= 15 is 0 Å². The first kappa shape index (κ1) is 23.5. The molecule has 1 heterocycles. The van der Waals surface area contributed by atoms with E-state index in [0.29, 0.717) is 24.3 Å². The minimum Gasteiger partial charge on any atom is -0.481 e. The lowest BCUT2D eigenvalue weighted by Gasteiger charge is -2.26. The minimum absolute atomic E-state index is 0.152.